The summed E-state index contributed by atoms with van der Waals surface area (Å²) in [7, 11) is -2.83. The molecule has 6 nitrogen and oxygen atoms in total. The van der Waals surface area contributed by atoms with Crippen LogP contribution in [0.3, 0.4) is 0 Å². The van der Waals surface area contributed by atoms with Gasteiger partial charge in [-0.1, -0.05) is 0 Å². The second-order valence-electron chi connectivity index (χ2n) is 5.29. The molecule has 0 amide bonds. The fourth-order valence-corrected chi connectivity index (χ4v) is 4.58. The Hall–Kier alpha value is -0.950. The first-order valence-electron chi connectivity index (χ1n) is 6.33. The Morgan fingerprint density at radius 3 is 2.94 bits per heavy atom. The van der Waals surface area contributed by atoms with Crippen molar-refractivity contribution in [2.45, 2.75) is 38.3 Å². The maximum absolute atomic E-state index is 11.4. The van der Waals surface area contributed by atoms with E-state index in [2.05, 4.69) is 10.1 Å². The van der Waals surface area contributed by atoms with Gasteiger partial charge in [0.25, 0.3) is 0 Å². The summed E-state index contributed by atoms with van der Waals surface area (Å²) < 4.78 is 24.5. The maximum Gasteiger partial charge on any atom is 0.151 e. The first kappa shape index (κ1) is 12.1. The second kappa shape index (κ2) is 4.31. The molecule has 0 spiro atoms. The fourth-order valence-electron chi connectivity index (χ4n) is 2.72. The molecule has 0 aliphatic carbocycles. The van der Waals surface area contributed by atoms with E-state index in [1.165, 1.54) is 0 Å². The number of hydrogen-bond acceptors (Lipinski definition) is 5. The van der Waals surface area contributed by atoms with Crippen molar-refractivity contribution in [2.75, 3.05) is 11.5 Å². The van der Waals surface area contributed by atoms with Gasteiger partial charge in [-0.05, 0) is 18.8 Å². The zero-order chi connectivity index (χ0) is 12.8. The van der Waals surface area contributed by atoms with E-state index in [4.69, 9.17) is 0 Å². The Morgan fingerprint density at radius 2 is 2.22 bits per heavy atom. The van der Waals surface area contributed by atoms with Crippen molar-refractivity contribution in [3.63, 3.8) is 0 Å². The summed E-state index contributed by atoms with van der Waals surface area (Å²) in [6, 6.07) is 0. The molecule has 1 aromatic rings. The Kier molecular flexibility index (Phi) is 2.90. The third-order valence-corrected chi connectivity index (χ3v) is 5.51. The summed E-state index contributed by atoms with van der Waals surface area (Å²) in [4.78, 5) is 4.44. The number of fused-ring (bicyclic) bond motifs is 1. The van der Waals surface area contributed by atoms with E-state index in [0.717, 1.165) is 30.9 Å². The lowest BCUT2D eigenvalue weighted by molar-refractivity contribution is 0.124. The van der Waals surface area contributed by atoms with Crippen molar-refractivity contribution >= 4 is 9.84 Å². The van der Waals surface area contributed by atoms with Crippen LogP contribution in [-0.4, -0.2) is 45.9 Å². The molecule has 2 aliphatic rings. The average Bonchev–Trinajstić information content (AvgIpc) is 2.81. The zero-order valence-electron chi connectivity index (χ0n) is 10.1. The minimum atomic E-state index is -2.83. The summed E-state index contributed by atoms with van der Waals surface area (Å²) in [5.41, 5.74) is 0. The van der Waals surface area contributed by atoms with Crippen molar-refractivity contribution < 1.29 is 13.5 Å². The molecular formula is C11H17N3O3S. The Labute approximate surface area is 106 Å². The predicted octanol–water partition coefficient (Wildman–Crippen LogP) is -0.438. The van der Waals surface area contributed by atoms with Crippen LogP contribution in [0.15, 0.2) is 0 Å². The first-order valence-corrected chi connectivity index (χ1v) is 8.15. The molecule has 2 atom stereocenters. The Morgan fingerprint density at radius 1 is 1.39 bits per heavy atom. The molecule has 2 aliphatic heterocycles. The van der Waals surface area contributed by atoms with E-state index < -0.39 is 9.84 Å². The quantitative estimate of drug-likeness (QED) is 0.788. The summed E-state index contributed by atoms with van der Waals surface area (Å²) in [6.07, 6.45) is 2.50. The van der Waals surface area contributed by atoms with Crippen molar-refractivity contribution in [1.29, 1.82) is 0 Å². The minimum Gasteiger partial charge on any atom is -0.391 e. The summed E-state index contributed by atoms with van der Waals surface area (Å²) in [5, 5.41) is 13.9. The van der Waals surface area contributed by atoms with Crippen LogP contribution in [0.4, 0.5) is 0 Å². The van der Waals surface area contributed by atoms with Gasteiger partial charge in [-0.15, -0.1) is 0 Å². The van der Waals surface area contributed by atoms with Crippen LogP contribution in [0.2, 0.25) is 0 Å². The van der Waals surface area contributed by atoms with Crippen molar-refractivity contribution in [3.8, 4) is 0 Å². The van der Waals surface area contributed by atoms with Crippen molar-refractivity contribution in [3.05, 3.63) is 11.6 Å². The SMILES string of the molecule is O=S1(=O)CCC(Cc2nc3n(n2)CC(O)CC3)C1. The molecule has 0 bridgehead atoms. The monoisotopic (exact) mass is 271 g/mol. The lowest BCUT2D eigenvalue weighted by atomic mass is 10.1. The molecule has 1 saturated heterocycles. The molecule has 0 aromatic carbocycles. The number of aromatic nitrogens is 3. The lowest BCUT2D eigenvalue weighted by Crippen LogP contribution is -2.25. The van der Waals surface area contributed by atoms with Crippen LogP contribution in [0.25, 0.3) is 0 Å². The zero-order valence-corrected chi connectivity index (χ0v) is 10.9. The van der Waals surface area contributed by atoms with Gasteiger partial charge in [0.05, 0.1) is 24.2 Å². The third-order valence-electron chi connectivity index (χ3n) is 3.68. The highest BCUT2D eigenvalue weighted by Crippen LogP contribution is 2.22. The topological polar surface area (TPSA) is 85.1 Å². The predicted molar refractivity (Wildman–Crippen MR) is 64.8 cm³/mol. The van der Waals surface area contributed by atoms with E-state index in [1.54, 1.807) is 4.68 Å². The molecule has 1 fully saturated rings. The molecule has 0 radical (unpaired) electrons. The molecule has 2 unspecified atom stereocenters. The van der Waals surface area contributed by atoms with Crippen LogP contribution in [0.1, 0.15) is 24.5 Å². The minimum absolute atomic E-state index is 0.157. The van der Waals surface area contributed by atoms with Gasteiger partial charge >= 0.3 is 0 Å². The van der Waals surface area contributed by atoms with E-state index in [-0.39, 0.29) is 17.8 Å². The smallest absolute Gasteiger partial charge is 0.151 e. The summed E-state index contributed by atoms with van der Waals surface area (Å²) >= 11 is 0. The molecule has 3 heterocycles. The first-order chi connectivity index (χ1) is 8.52. The molecule has 100 valence electrons. The molecule has 7 heteroatoms. The highest BCUT2D eigenvalue weighted by Gasteiger charge is 2.29. The van der Waals surface area contributed by atoms with Gasteiger partial charge in [-0.25, -0.2) is 18.1 Å². The summed E-state index contributed by atoms with van der Waals surface area (Å²) in [5.74, 6) is 2.35. The van der Waals surface area contributed by atoms with Gasteiger partial charge < -0.3 is 5.11 Å². The maximum atomic E-state index is 11.4. The molecule has 1 N–H and O–H groups in total. The average molecular weight is 271 g/mol. The number of nitrogens with zero attached hydrogens (tertiary/aromatic N) is 3. The Bertz CT molecular complexity index is 552. The van der Waals surface area contributed by atoms with Crippen LogP contribution in [0, 0.1) is 5.92 Å². The third kappa shape index (κ3) is 2.42. The van der Waals surface area contributed by atoms with E-state index >= 15 is 0 Å². The van der Waals surface area contributed by atoms with Crippen LogP contribution >= 0.6 is 0 Å². The van der Waals surface area contributed by atoms with Gasteiger partial charge in [-0.3, -0.25) is 0 Å². The standard InChI is InChI=1S/C11H17N3O3S/c15-9-1-2-11-12-10(13-14(11)6-9)5-8-3-4-18(16,17)7-8/h8-9,15H,1-7H2. The molecule has 18 heavy (non-hydrogen) atoms. The number of rotatable bonds is 2. The molecule has 1 aromatic heterocycles. The highest BCUT2D eigenvalue weighted by atomic mass is 32.2. The van der Waals surface area contributed by atoms with E-state index in [1.807, 2.05) is 0 Å². The van der Waals surface area contributed by atoms with Crippen LogP contribution in [0.5, 0.6) is 0 Å². The number of sulfone groups is 1. The Balaban J connectivity index is 1.71. The largest absolute Gasteiger partial charge is 0.391 e. The van der Waals surface area contributed by atoms with Crippen LogP contribution in [-0.2, 0) is 29.2 Å². The molecule has 3 rings (SSSR count). The van der Waals surface area contributed by atoms with E-state index in [9.17, 15) is 13.5 Å². The number of aliphatic hydroxyl groups excluding tert-OH is 1. The van der Waals surface area contributed by atoms with Gasteiger partial charge in [0, 0.05) is 12.8 Å². The van der Waals surface area contributed by atoms with Gasteiger partial charge in [-0.2, -0.15) is 5.10 Å². The number of aryl methyl sites for hydroxylation is 1. The van der Waals surface area contributed by atoms with Gasteiger partial charge in [0.1, 0.15) is 5.82 Å². The van der Waals surface area contributed by atoms with E-state index in [0.29, 0.717) is 18.7 Å². The highest BCUT2D eigenvalue weighted by molar-refractivity contribution is 7.91. The molecular weight excluding hydrogens is 254 g/mol. The van der Waals surface area contributed by atoms with Crippen molar-refractivity contribution in [1.82, 2.24) is 14.8 Å². The second-order valence-corrected chi connectivity index (χ2v) is 7.52. The lowest BCUT2D eigenvalue weighted by Gasteiger charge is -2.16. The van der Waals surface area contributed by atoms with Crippen LogP contribution < -0.4 is 0 Å². The van der Waals surface area contributed by atoms with Gasteiger partial charge in [0.2, 0.25) is 0 Å². The molecule has 0 saturated carbocycles. The fraction of sp³-hybridized carbons (Fsp3) is 0.818. The number of hydrogen-bond donors (Lipinski definition) is 1. The summed E-state index contributed by atoms with van der Waals surface area (Å²) in [6.45, 7) is 0.505. The normalized spacial score (nSPS) is 30.3. The van der Waals surface area contributed by atoms with Gasteiger partial charge in [0.15, 0.2) is 15.7 Å². The van der Waals surface area contributed by atoms with Crippen molar-refractivity contribution in [2.24, 2.45) is 5.92 Å². The number of aliphatic hydroxyl groups is 1.